The van der Waals surface area contributed by atoms with Gasteiger partial charge < -0.3 is 20.6 Å². The maximum Gasteiger partial charge on any atom is 0.251 e. The molecule has 0 heterocycles. The molecule has 0 saturated carbocycles. The van der Waals surface area contributed by atoms with Gasteiger partial charge in [0.1, 0.15) is 11.6 Å². The molecule has 0 aliphatic carbocycles. The zero-order valence-electron chi connectivity index (χ0n) is 25.7. The maximum atomic E-state index is 13.9. The van der Waals surface area contributed by atoms with E-state index < -0.39 is 39.7 Å². The molecule has 44 heavy (non-hydrogen) atoms. The lowest BCUT2D eigenvalue weighted by molar-refractivity contribution is 0.0829. The van der Waals surface area contributed by atoms with Crippen LogP contribution in [0.25, 0.3) is 0 Å². The number of halogens is 2. The van der Waals surface area contributed by atoms with Crippen molar-refractivity contribution in [1.82, 2.24) is 20.3 Å². The summed E-state index contributed by atoms with van der Waals surface area (Å²) in [5, 5.41) is 17.0. The Morgan fingerprint density at radius 2 is 1.57 bits per heavy atom. The summed E-state index contributed by atoms with van der Waals surface area (Å²) < 4.78 is 55.9. The molecular formula is C33H44F2N4O4S. The molecule has 0 fully saturated rings. The molecule has 0 unspecified atom stereocenters. The molecule has 0 spiro atoms. The molecule has 4 N–H and O–H groups in total. The van der Waals surface area contributed by atoms with Gasteiger partial charge in [0.15, 0.2) is 0 Å². The third kappa shape index (κ3) is 11.0. The van der Waals surface area contributed by atoms with Crippen LogP contribution < -0.4 is 15.4 Å². The van der Waals surface area contributed by atoms with Crippen molar-refractivity contribution >= 4 is 15.9 Å². The topological polar surface area (TPSA) is 111 Å². The largest absolute Gasteiger partial charge is 0.390 e. The van der Waals surface area contributed by atoms with Gasteiger partial charge in [-0.25, -0.2) is 21.9 Å². The highest BCUT2D eigenvalue weighted by Crippen LogP contribution is 2.15. The molecule has 3 rings (SSSR count). The van der Waals surface area contributed by atoms with Crippen LogP contribution in [0, 0.1) is 11.6 Å². The highest BCUT2D eigenvalue weighted by atomic mass is 32.2. The quantitative estimate of drug-likeness (QED) is 0.158. The van der Waals surface area contributed by atoms with Gasteiger partial charge in [0, 0.05) is 31.3 Å². The molecule has 3 aromatic carbocycles. The van der Waals surface area contributed by atoms with Crippen LogP contribution in [-0.2, 0) is 29.4 Å². The minimum absolute atomic E-state index is 0.0278. The first-order valence-electron chi connectivity index (χ1n) is 15.1. The molecule has 3 aromatic rings. The number of rotatable bonds is 18. The van der Waals surface area contributed by atoms with E-state index in [1.807, 2.05) is 18.2 Å². The van der Waals surface area contributed by atoms with Crippen LogP contribution in [0.5, 0.6) is 0 Å². The van der Waals surface area contributed by atoms with Crippen molar-refractivity contribution in [2.24, 2.45) is 0 Å². The lowest BCUT2D eigenvalue weighted by atomic mass is 10.00. The summed E-state index contributed by atoms with van der Waals surface area (Å²) in [6, 6.07) is 15.7. The van der Waals surface area contributed by atoms with Crippen molar-refractivity contribution < 1.29 is 27.1 Å². The standard InChI is InChI=1S/C33H44F2N4O4S/c1-4-24-9-7-10-25(17-24)22-36-23-32(40)31(20-26-18-28(34)21-29(35)19-26)38-33(41)27-11-13-30(14-12-27)44(42,43)37-15-8-16-39(5-2)6-3/h7,9-14,17-19,21,31-32,36-37,40H,4-6,8,15-16,20,22-23H2,1-3H3,(H,38,41)/t31-,32+/m0/s1. The second kappa shape index (κ2) is 17.3. The number of nitrogens with one attached hydrogen (secondary N) is 3. The molecule has 240 valence electrons. The summed E-state index contributed by atoms with van der Waals surface area (Å²) in [4.78, 5) is 15.4. The molecule has 2 atom stereocenters. The number of aryl methyl sites for hydroxylation is 1. The van der Waals surface area contributed by atoms with E-state index in [2.05, 4.69) is 47.1 Å². The second-order valence-electron chi connectivity index (χ2n) is 10.7. The average molecular weight is 631 g/mol. The Balaban J connectivity index is 1.66. The first-order valence-corrected chi connectivity index (χ1v) is 16.6. The predicted octanol–water partition coefficient (Wildman–Crippen LogP) is 4.03. The Bertz CT molecular complexity index is 1430. The zero-order chi connectivity index (χ0) is 32.1. The number of amides is 1. The smallest absolute Gasteiger partial charge is 0.251 e. The van der Waals surface area contributed by atoms with E-state index in [1.54, 1.807) is 0 Å². The van der Waals surface area contributed by atoms with E-state index in [1.165, 1.54) is 29.8 Å². The maximum absolute atomic E-state index is 13.9. The molecule has 8 nitrogen and oxygen atoms in total. The number of aliphatic hydroxyl groups excluding tert-OH is 1. The summed E-state index contributed by atoms with van der Waals surface area (Å²) in [6.45, 7) is 9.64. The van der Waals surface area contributed by atoms with Crippen LogP contribution in [0.4, 0.5) is 8.78 Å². The third-order valence-corrected chi connectivity index (χ3v) is 8.98. The Kier molecular flexibility index (Phi) is 13.9. The highest BCUT2D eigenvalue weighted by molar-refractivity contribution is 7.89. The third-order valence-electron chi connectivity index (χ3n) is 7.51. The molecule has 0 saturated heterocycles. The summed E-state index contributed by atoms with van der Waals surface area (Å²) >= 11 is 0. The van der Waals surface area contributed by atoms with E-state index >= 15 is 0 Å². The van der Waals surface area contributed by atoms with Gasteiger partial charge in [0.25, 0.3) is 5.91 Å². The summed E-state index contributed by atoms with van der Waals surface area (Å²) in [7, 11) is -3.76. The van der Waals surface area contributed by atoms with Crippen LogP contribution in [0.1, 0.15) is 54.2 Å². The van der Waals surface area contributed by atoms with Crippen LogP contribution >= 0.6 is 0 Å². The van der Waals surface area contributed by atoms with E-state index in [0.29, 0.717) is 19.5 Å². The Morgan fingerprint density at radius 3 is 2.20 bits per heavy atom. The van der Waals surface area contributed by atoms with Crippen LogP contribution in [0.15, 0.2) is 71.6 Å². The minimum atomic E-state index is -3.76. The molecule has 0 aromatic heterocycles. The summed E-state index contributed by atoms with van der Waals surface area (Å²) in [5.74, 6) is -2.07. The van der Waals surface area contributed by atoms with Gasteiger partial charge in [-0.3, -0.25) is 4.79 Å². The van der Waals surface area contributed by atoms with Gasteiger partial charge >= 0.3 is 0 Å². The molecule has 1 amide bonds. The van der Waals surface area contributed by atoms with Crippen LogP contribution in [-0.4, -0.2) is 69.2 Å². The van der Waals surface area contributed by atoms with Gasteiger partial charge in [-0.1, -0.05) is 45.0 Å². The number of carbonyl (C=O) groups excluding carboxylic acids is 1. The van der Waals surface area contributed by atoms with Crippen molar-refractivity contribution in [2.75, 3.05) is 32.7 Å². The van der Waals surface area contributed by atoms with Gasteiger partial charge in [-0.15, -0.1) is 0 Å². The monoisotopic (exact) mass is 630 g/mol. The molecule has 0 aliphatic rings. The fraction of sp³-hybridized carbons (Fsp3) is 0.424. The van der Waals surface area contributed by atoms with Gasteiger partial charge in [0.05, 0.1) is 17.0 Å². The number of aliphatic hydroxyl groups is 1. The van der Waals surface area contributed by atoms with Gasteiger partial charge in [0.2, 0.25) is 10.0 Å². The Morgan fingerprint density at radius 1 is 0.909 bits per heavy atom. The number of carbonyl (C=O) groups is 1. The first-order chi connectivity index (χ1) is 21.0. The SMILES string of the molecule is CCc1cccc(CNC[C@@H](O)[C@H](Cc2cc(F)cc(F)c2)NC(=O)c2ccc(S(=O)(=O)NCCCN(CC)CC)cc2)c1. The molecule has 0 bridgehead atoms. The fourth-order valence-corrected chi connectivity index (χ4v) is 5.98. The number of hydrogen-bond donors (Lipinski definition) is 4. The minimum Gasteiger partial charge on any atom is -0.390 e. The lowest BCUT2D eigenvalue weighted by Crippen LogP contribution is -2.48. The van der Waals surface area contributed by atoms with Crippen molar-refractivity contribution in [1.29, 1.82) is 0 Å². The number of hydrogen-bond acceptors (Lipinski definition) is 6. The molecular weight excluding hydrogens is 586 g/mol. The molecule has 0 aliphatic heterocycles. The van der Waals surface area contributed by atoms with Crippen molar-refractivity contribution in [2.45, 2.75) is 63.6 Å². The number of sulfonamides is 1. The predicted molar refractivity (Wildman–Crippen MR) is 169 cm³/mol. The molecule has 11 heteroatoms. The van der Waals surface area contributed by atoms with E-state index in [-0.39, 0.29) is 29.0 Å². The van der Waals surface area contributed by atoms with Crippen LogP contribution in [0.3, 0.4) is 0 Å². The number of nitrogens with zero attached hydrogens (tertiary/aromatic N) is 1. The second-order valence-corrected chi connectivity index (χ2v) is 12.5. The van der Waals surface area contributed by atoms with E-state index in [0.717, 1.165) is 49.8 Å². The Labute approximate surface area is 259 Å². The lowest BCUT2D eigenvalue weighted by Gasteiger charge is -2.25. The van der Waals surface area contributed by atoms with Gasteiger partial charge in [-0.05, 0) is 92.0 Å². The van der Waals surface area contributed by atoms with Crippen LogP contribution in [0.2, 0.25) is 0 Å². The van der Waals surface area contributed by atoms with E-state index in [4.69, 9.17) is 0 Å². The average Bonchev–Trinajstić information content (AvgIpc) is 3.00. The van der Waals surface area contributed by atoms with E-state index in [9.17, 15) is 27.1 Å². The van der Waals surface area contributed by atoms with Gasteiger partial charge in [-0.2, -0.15) is 0 Å². The Hall–Kier alpha value is -3.22. The summed E-state index contributed by atoms with van der Waals surface area (Å²) in [5.41, 5.74) is 2.68. The normalized spacial score (nSPS) is 13.2. The van der Waals surface area contributed by atoms with Crippen molar-refractivity contribution in [3.8, 4) is 0 Å². The fourth-order valence-electron chi connectivity index (χ4n) is 4.90. The summed E-state index contributed by atoms with van der Waals surface area (Å²) in [6.07, 6.45) is 0.438. The highest BCUT2D eigenvalue weighted by Gasteiger charge is 2.24. The zero-order valence-corrected chi connectivity index (χ0v) is 26.5. The number of benzene rings is 3. The van der Waals surface area contributed by atoms with Crippen molar-refractivity contribution in [3.05, 3.63) is 101 Å². The van der Waals surface area contributed by atoms with Crippen molar-refractivity contribution in [3.63, 3.8) is 0 Å². The molecule has 0 radical (unpaired) electrons. The first kappa shape index (κ1) is 35.3.